The van der Waals surface area contributed by atoms with Crippen molar-refractivity contribution in [3.05, 3.63) is 34.5 Å². The first kappa shape index (κ1) is 16.2. The van der Waals surface area contributed by atoms with Gasteiger partial charge in [-0.1, -0.05) is 25.4 Å². The summed E-state index contributed by atoms with van der Waals surface area (Å²) in [4.78, 5) is 1.99. The number of rotatable bonds is 4. The van der Waals surface area contributed by atoms with Crippen LogP contribution in [0.1, 0.15) is 37.1 Å². The topological polar surface area (TPSA) is 102 Å². The van der Waals surface area contributed by atoms with E-state index in [9.17, 15) is 8.42 Å². The highest BCUT2D eigenvalue weighted by Gasteiger charge is 2.25. The Hall–Kier alpha value is -1.64. The number of hydrogen-bond acceptors (Lipinski definition) is 6. The minimum absolute atomic E-state index is 0.0420. The number of fused-ring (bicyclic) bond motifs is 1. The zero-order valence-electron chi connectivity index (χ0n) is 12.8. The molecule has 3 rings (SSSR count). The van der Waals surface area contributed by atoms with Crippen molar-refractivity contribution < 1.29 is 12.8 Å². The lowest BCUT2D eigenvalue weighted by Crippen LogP contribution is -2.20. The monoisotopic (exact) mass is 356 g/mol. The number of halogens is 1. The molecule has 7 nitrogen and oxygen atoms in total. The minimum Gasteiger partial charge on any atom is -0.423 e. The molecule has 1 aromatic carbocycles. The van der Waals surface area contributed by atoms with Gasteiger partial charge in [0.15, 0.2) is 0 Å². The van der Waals surface area contributed by atoms with Crippen LogP contribution in [0, 0.1) is 0 Å². The predicted octanol–water partition coefficient (Wildman–Crippen LogP) is 2.06. The number of hydrogen-bond donors (Lipinski definition) is 1. The molecule has 0 radical (unpaired) electrons. The summed E-state index contributed by atoms with van der Waals surface area (Å²) in [5.74, 6) is 1.30. The van der Waals surface area contributed by atoms with Crippen LogP contribution in [0.2, 0.25) is 5.02 Å². The fourth-order valence-electron chi connectivity index (χ4n) is 2.56. The molecule has 2 aromatic rings. The average Bonchev–Trinajstić information content (AvgIpc) is 3.05. The Morgan fingerprint density at radius 2 is 2.13 bits per heavy atom. The van der Waals surface area contributed by atoms with Crippen molar-refractivity contribution in [2.75, 3.05) is 11.4 Å². The number of aromatic nitrogens is 2. The second-order valence-corrected chi connectivity index (χ2v) is 7.75. The van der Waals surface area contributed by atoms with Gasteiger partial charge in [-0.25, -0.2) is 13.6 Å². The van der Waals surface area contributed by atoms with Gasteiger partial charge in [-0.15, -0.1) is 10.2 Å². The number of primary sulfonamides is 1. The van der Waals surface area contributed by atoms with Gasteiger partial charge in [0.1, 0.15) is 4.90 Å². The Labute approximate surface area is 139 Å². The van der Waals surface area contributed by atoms with Crippen molar-refractivity contribution in [1.82, 2.24) is 10.2 Å². The molecule has 0 fully saturated rings. The van der Waals surface area contributed by atoms with Gasteiger partial charge in [0, 0.05) is 18.2 Å². The molecular formula is C14H17ClN4O3S. The Bertz CT molecular complexity index is 848. The highest BCUT2D eigenvalue weighted by atomic mass is 35.5. The van der Waals surface area contributed by atoms with Crippen molar-refractivity contribution in [3.8, 4) is 0 Å². The summed E-state index contributed by atoms with van der Waals surface area (Å²) in [6, 6.07) is 3.17. The molecule has 0 amide bonds. The van der Waals surface area contributed by atoms with E-state index in [0.29, 0.717) is 24.7 Å². The summed E-state index contributed by atoms with van der Waals surface area (Å²) in [6.45, 7) is 5.14. The standard InChI is InChI=1S/C14H17ClN4O3S/c1-8(2)14-18-17-13(22-14)7-19-4-3-9-5-12(23(16,20)21)10(15)6-11(9)19/h5-6,8H,3-4,7H2,1-2H3,(H2,16,20,21). The molecule has 2 heterocycles. The number of anilines is 1. The minimum atomic E-state index is -3.83. The summed E-state index contributed by atoms with van der Waals surface area (Å²) >= 11 is 6.07. The molecule has 9 heteroatoms. The largest absolute Gasteiger partial charge is 0.423 e. The van der Waals surface area contributed by atoms with Crippen molar-refractivity contribution in [3.63, 3.8) is 0 Å². The van der Waals surface area contributed by atoms with Crippen LogP contribution in [0.15, 0.2) is 21.4 Å². The maximum Gasteiger partial charge on any atom is 0.239 e. The first-order valence-electron chi connectivity index (χ1n) is 7.18. The number of benzene rings is 1. The molecular weight excluding hydrogens is 340 g/mol. The maximum absolute atomic E-state index is 11.5. The highest BCUT2D eigenvalue weighted by molar-refractivity contribution is 7.89. The molecule has 1 aliphatic heterocycles. The molecule has 1 aromatic heterocycles. The van der Waals surface area contributed by atoms with Gasteiger partial charge >= 0.3 is 0 Å². The Balaban J connectivity index is 1.88. The summed E-state index contributed by atoms with van der Waals surface area (Å²) in [7, 11) is -3.83. The van der Waals surface area contributed by atoms with E-state index in [0.717, 1.165) is 17.8 Å². The molecule has 0 saturated carbocycles. The zero-order chi connectivity index (χ0) is 16.8. The second kappa shape index (κ2) is 5.77. The van der Waals surface area contributed by atoms with Crippen LogP contribution in [0.4, 0.5) is 5.69 Å². The molecule has 124 valence electrons. The number of sulfonamides is 1. The smallest absolute Gasteiger partial charge is 0.239 e. The molecule has 0 spiro atoms. The second-order valence-electron chi connectivity index (χ2n) is 5.82. The van der Waals surface area contributed by atoms with Crippen molar-refractivity contribution in [2.24, 2.45) is 5.14 Å². The van der Waals surface area contributed by atoms with Gasteiger partial charge in [0.25, 0.3) is 0 Å². The lowest BCUT2D eigenvalue weighted by Gasteiger charge is -2.17. The van der Waals surface area contributed by atoms with Crippen molar-refractivity contribution in [2.45, 2.75) is 37.6 Å². The van der Waals surface area contributed by atoms with Crippen LogP contribution in [-0.4, -0.2) is 25.2 Å². The number of nitrogens with zero attached hydrogens (tertiary/aromatic N) is 3. The fraction of sp³-hybridized carbons (Fsp3) is 0.429. The van der Waals surface area contributed by atoms with Crippen LogP contribution in [-0.2, 0) is 23.0 Å². The van der Waals surface area contributed by atoms with Gasteiger partial charge in [-0.2, -0.15) is 0 Å². The van der Waals surface area contributed by atoms with E-state index in [1.807, 2.05) is 18.7 Å². The normalized spacial score (nSPS) is 14.6. The van der Waals surface area contributed by atoms with Crippen LogP contribution in [0.3, 0.4) is 0 Å². The summed E-state index contributed by atoms with van der Waals surface area (Å²) in [5, 5.41) is 13.4. The lowest BCUT2D eigenvalue weighted by atomic mass is 10.2. The van der Waals surface area contributed by atoms with E-state index in [1.54, 1.807) is 12.1 Å². The molecule has 23 heavy (non-hydrogen) atoms. The van der Waals surface area contributed by atoms with E-state index in [4.69, 9.17) is 21.2 Å². The third-order valence-electron chi connectivity index (χ3n) is 3.73. The highest BCUT2D eigenvalue weighted by Crippen LogP contribution is 2.35. The molecule has 0 aliphatic carbocycles. The summed E-state index contributed by atoms with van der Waals surface area (Å²) < 4.78 is 28.7. The SMILES string of the molecule is CC(C)c1nnc(CN2CCc3cc(S(N)(=O)=O)c(Cl)cc32)o1. The van der Waals surface area contributed by atoms with Gasteiger partial charge in [0.05, 0.1) is 11.6 Å². The average molecular weight is 357 g/mol. The van der Waals surface area contributed by atoms with Crippen molar-refractivity contribution in [1.29, 1.82) is 0 Å². The number of nitrogens with two attached hydrogens (primary N) is 1. The first-order chi connectivity index (χ1) is 10.8. The van der Waals surface area contributed by atoms with Crippen LogP contribution in [0.5, 0.6) is 0 Å². The molecule has 0 bridgehead atoms. The first-order valence-corrected chi connectivity index (χ1v) is 9.10. The van der Waals surface area contributed by atoms with Gasteiger partial charge in [-0.3, -0.25) is 0 Å². The van der Waals surface area contributed by atoms with E-state index < -0.39 is 10.0 Å². The van der Waals surface area contributed by atoms with E-state index >= 15 is 0 Å². The maximum atomic E-state index is 11.5. The van der Waals surface area contributed by atoms with Gasteiger partial charge in [-0.05, 0) is 24.1 Å². The van der Waals surface area contributed by atoms with Crippen LogP contribution >= 0.6 is 11.6 Å². The van der Waals surface area contributed by atoms with Crippen LogP contribution < -0.4 is 10.0 Å². The van der Waals surface area contributed by atoms with E-state index in [-0.39, 0.29) is 15.8 Å². The van der Waals surface area contributed by atoms with Crippen LogP contribution in [0.25, 0.3) is 0 Å². The fourth-order valence-corrected chi connectivity index (χ4v) is 3.68. The lowest BCUT2D eigenvalue weighted by molar-refractivity contribution is 0.429. The van der Waals surface area contributed by atoms with E-state index in [1.165, 1.54) is 0 Å². The predicted molar refractivity (Wildman–Crippen MR) is 86.0 cm³/mol. The molecule has 0 saturated heterocycles. The van der Waals surface area contributed by atoms with Gasteiger partial charge < -0.3 is 9.32 Å². The Morgan fingerprint density at radius 3 is 2.74 bits per heavy atom. The third kappa shape index (κ3) is 3.19. The molecule has 0 atom stereocenters. The third-order valence-corrected chi connectivity index (χ3v) is 5.11. The quantitative estimate of drug-likeness (QED) is 0.899. The zero-order valence-corrected chi connectivity index (χ0v) is 14.4. The molecule has 0 unspecified atom stereocenters. The summed E-state index contributed by atoms with van der Waals surface area (Å²) in [5.41, 5.74) is 1.76. The Morgan fingerprint density at radius 1 is 1.39 bits per heavy atom. The van der Waals surface area contributed by atoms with Crippen molar-refractivity contribution >= 4 is 27.3 Å². The van der Waals surface area contributed by atoms with E-state index in [2.05, 4.69) is 10.2 Å². The molecule has 1 aliphatic rings. The summed E-state index contributed by atoms with van der Waals surface area (Å²) in [6.07, 6.45) is 0.709. The Kier molecular flexibility index (Phi) is 4.07. The van der Waals surface area contributed by atoms with Gasteiger partial charge in [0.2, 0.25) is 21.8 Å². The molecule has 2 N–H and O–H groups in total.